The predicted molar refractivity (Wildman–Crippen MR) is 84.1 cm³/mol. The van der Waals surface area contributed by atoms with Crippen molar-refractivity contribution in [3.8, 4) is 5.75 Å². The van der Waals surface area contributed by atoms with Gasteiger partial charge in [-0.25, -0.2) is 4.98 Å². The van der Waals surface area contributed by atoms with Crippen molar-refractivity contribution in [2.75, 3.05) is 7.11 Å². The number of ether oxygens (including phenoxy) is 1. The summed E-state index contributed by atoms with van der Waals surface area (Å²) in [5, 5.41) is 2.90. The molecule has 2 heterocycles. The summed E-state index contributed by atoms with van der Waals surface area (Å²) in [5.74, 6) is 1.36. The first-order valence-corrected chi connectivity index (χ1v) is 7.04. The molecule has 0 saturated heterocycles. The Morgan fingerprint density at radius 2 is 2.00 bits per heavy atom. The fraction of sp³-hybridized carbons (Fsp3) is 0.176. The summed E-state index contributed by atoms with van der Waals surface area (Å²) >= 11 is 0. The fourth-order valence-corrected chi connectivity index (χ4v) is 2.47. The van der Waals surface area contributed by atoms with Gasteiger partial charge in [0.25, 0.3) is 5.91 Å². The zero-order chi connectivity index (χ0) is 15.5. The first-order chi connectivity index (χ1) is 10.7. The molecule has 1 aromatic carbocycles. The number of nitrogens with one attached hydrogen (secondary N) is 1. The molecule has 0 aliphatic rings. The minimum absolute atomic E-state index is 0.192. The number of hydrogen-bond donors (Lipinski definition) is 1. The van der Waals surface area contributed by atoms with Crippen molar-refractivity contribution in [2.45, 2.75) is 13.5 Å². The van der Waals surface area contributed by atoms with Crippen molar-refractivity contribution >= 4 is 11.4 Å². The van der Waals surface area contributed by atoms with Crippen LogP contribution in [0, 0.1) is 6.92 Å². The second-order valence-electron chi connectivity index (χ2n) is 4.96. The SMILES string of the molecule is COc1ccccc1CNC(=O)c1nc(C)n2ccccc12. The number of amides is 1. The summed E-state index contributed by atoms with van der Waals surface area (Å²) in [5.41, 5.74) is 2.17. The van der Waals surface area contributed by atoms with Crippen LogP contribution in [0.15, 0.2) is 48.7 Å². The highest BCUT2D eigenvalue weighted by Gasteiger charge is 2.15. The number of aryl methyl sites for hydroxylation is 1. The first-order valence-electron chi connectivity index (χ1n) is 7.04. The zero-order valence-electron chi connectivity index (χ0n) is 12.5. The smallest absolute Gasteiger partial charge is 0.272 e. The number of carbonyl (C=O) groups is 1. The number of benzene rings is 1. The normalized spacial score (nSPS) is 10.6. The highest BCUT2D eigenvalue weighted by Crippen LogP contribution is 2.17. The zero-order valence-corrected chi connectivity index (χ0v) is 12.5. The number of fused-ring (bicyclic) bond motifs is 1. The maximum absolute atomic E-state index is 12.4. The van der Waals surface area contributed by atoms with E-state index in [1.165, 1.54) is 0 Å². The van der Waals surface area contributed by atoms with Crippen LogP contribution in [0.25, 0.3) is 5.52 Å². The van der Waals surface area contributed by atoms with Crippen LogP contribution in [0.1, 0.15) is 21.9 Å². The molecule has 0 fully saturated rings. The van der Waals surface area contributed by atoms with Crippen molar-refractivity contribution in [3.63, 3.8) is 0 Å². The van der Waals surface area contributed by atoms with E-state index in [0.717, 1.165) is 22.7 Å². The molecule has 5 heteroatoms. The average molecular weight is 295 g/mol. The Hall–Kier alpha value is -2.82. The third-order valence-corrected chi connectivity index (χ3v) is 3.57. The summed E-state index contributed by atoms with van der Waals surface area (Å²) < 4.78 is 7.19. The monoisotopic (exact) mass is 295 g/mol. The van der Waals surface area contributed by atoms with Crippen LogP contribution >= 0.6 is 0 Å². The van der Waals surface area contributed by atoms with E-state index in [2.05, 4.69) is 10.3 Å². The van der Waals surface area contributed by atoms with Gasteiger partial charge in [-0.15, -0.1) is 0 Å². The molecule has 0 bridgehead atoms. The van der Waals surface area contributed by atoms with Gasteiger partial charge in [-0.1, -0.05) is 24.3 Å². The Kier molecular flexibility index (Phi) is 3.78. The molecule has 112 valence electrons. The van der Waals surface area contributed by atoms with E-state index in [4.69, 9.17) is 4.74 Å². The summed E-state index contributed by atoms with van der Waals surface area (Å²) in [6, 6.07) is 13.3. The lowest BCUT2D eigenvalue weighted by atomic mass is 10.2. The van der Waals surface area contributed by atoms with Gasteiger partial charge in [0.1, 0.15) is 11.6 Å². The van der Waals surface area contributed by atoms with Gasteiger partial charge in [0, 0.05) is 18.3 Å². The lowest BCUT2D eigenvalue weighted by molar-refractivity contribution is 0.0948. The van der Waals surface area contributed by atoms with Gasteiger partial charge in [0.15, 0.2) is 5.69 Å². The average Bonchev–Trinajstić information content (AvgIpc) is 2.90. The van der Waals surface area contributed by atoms with Crippen molar-refractivity contribution < 1.29 is 9.53 Å². The highest BCUT2D eigenvalue weighted by molar-refractivity contribution is 5.99. The molecule has 0 spiro atoms. The summed E-state index contributed by atoms with van der Waals surface area (Å²) in [6.07, 6.45) is 1.90. The Morgan fingerprint density at radius 1 is 1.23 bits per heavy atom. The molecule has 1 amide bonds. The Bertz CT molecular complexity index is 824. The summed E-state index contributed by atoms with van der Waals surface area (Å²) in [6.45, 7) is 2.28. The lowest BCUT2D eigenvalue weighted by Crippen LogP contribution is -2.23. The van der Waals surface area contributed by atoms with E-state index in [9.17, 15) is 4.79 Å². The van der Waals surface area contributed by atoms with Crippen LogP contribution in [0.2, 0.25) is 0 Å². The molecule has 2 aromatic heterocycles. The summed E-state index contributed by atoms with van der Waals surface area (Å²) in [4.78, 5) is 16.8. The Morgan fingerprint density at radius 3 is 2.82 bits per heavy atom. The molecular weight excluding hydrogens is 278 g/mol. The molecule has 0 atom stereocenters. The van der Waals surface area contributed by atoms with Crippen molar-refractivity contribution in [1.29, 1.82) is 0 Å². The number of para-hydroxylation sites is 1. The lowest BCUT2D eigenvalue weighted by Gasteiger charge is -2.08. The summed E-state index contributed by atoms with van der Waals surface area (Å²) in [7, 11) is 1.62. The molecular formula is C17H17N3O2. The number of carbonyl (C=O) groups excluding carboxylic acids is 1. The molecule has 3 aromatic rings. The third kappa shape index (κ3) is 2.53. The van der Waals surface area contributed by atoms with E-state index in [0.29, 0.717) is 12.2 Å². The minimum atomic E-state index is -0.192. The van der Waals surface area contributed by atoms with Gasteiger partial charge < -0.3 is 14.5 Å². The minimum Gasteiger partial charge on any atom is -0.496 e. The number of aromatic nitrogens is 2. The molecule has 5 nitrogen and oxygen atoms in total. The first kappa shape index (κ1) is 14.1. The molecule has 0 radical (unpaired) electrons. The van der Waals surface area contributed by atoms with Crippen LogP contribution in [-0.2, 0) is 6.54 Å². The maximum atomic E-state index is 12.4. The molecule has 0 aliphatic carbocycles. The van der Waals surface area contributed by atoms with E-state index < -0.39 is 0 Å². The van der Waals surface area contributed by atoms with Crippen LogP contribution < -0.4 is 10.1 Å². The number of hydrogen-bond acceptors (Lipinski definition) is 3. The maximum Gasteiger partial charge on any atom is 0.272 e. The van der Waals surface area contributed by atoms with Crippen LogP contribution in [0.4, 0.5) is 0 Å². The number of pyridine rings is 1. The van der Waals surface area contributed by atoms with Gasteiger partial charge in [0.05, 0.1) is 12.6 Å². The van der Waals surface area contributed by atoms with Gasteiger partial charge in [-0.05, 0) is 25.1 Å². The molecule has 1 N–H and O–H groups in total. The fourth-order valence-electron chi connectivity index (χ4n) is 2.47. The van der Waals surface area contributed by atoms with Gasteiger partial charge in [-0.3, -0.25) is 4.79 Å². The van der Waals surface area contributed by atoms with E-state index in [-0.39, 0.29) is 5.91 Å². The third-order valence-electron chi connectivity index (χ3n) is 3.57. The highest BCUT2D eigenvalue weighted by atomic mass is 16.5. The molecule has 0 saturated carbocycles. The predicted octanol–water partition coefficient (Wildman–Crippen LogP) is 2.58. The number of imidazole rings is 1. The number of nitrogens with zero attached hydrogens (tertiary/aromatic N) is 2. The van der Waals surface area contributed by atoms with E-state index >= 15 is 0 Å². The molecule has 0 aliphatic heterocycles. The van der Waals surface area contributed by atoms with Gasteiger partial charge in [0.2, 0.25) is 0 Å². The Balaban J connectivity index is 1.82. The Labute approximate surface area is 128 Å². The van der Waals surface area contributed by atoms with Crippen molar-refractivity contribution in [1.82, 2.24) is 14.7 Å². The quantitative estimate of drug-likeness (QED) is 0.805. The molecule has 0 unspecified atom stereocenters. The molecule has 22 heavy (non-hydrogen) atoms. The van der Waals surface area contributed by atoms with E-state index in [1.807, 2.05) is 60.0 Å². The van der Waals surface area contributed by atoms with Crippen LogP contribution in [0.3, 0.4) is 0 Å². The van der Waals surface area contributed by atoms with E-state index in [1.54, 1.807) is 7.11 Å². The topological polar surface area (TPSA) is 55.6 Å². The largest absolute Gasteiger partial charge is 0.496 e. The molecule has 3 rings (SSSR count). The van der Waals surface area contributed by atoms with Crippen LogP contribution in [0.5, 0.6) is 5.75 Å². The number of methoxy groups -OCH3 is 1. The van der Waals surface area contributed by atoms with Crippen LogP contribution in [-0.4, -0.2) is 22.4 Å². The number of rotatable bonds is 4. The van der Waals surface area contributed by atoms with Crippen molar-refractivity contribution in [2.24, 2.45) is 0 Å². The second kappa shape index (κ2) is 5.89. The standard InChI is InChI=1S/C17H17N3O2/c1-12-19-16(14-8-5-6-10-20(12)14)17(21)18-11-13-7-3-4-9-15(13)22-2/h3-10H,11H2,1-2H3,(H,18,21). The van der Waals surface area contributed by atoms with Crippen molar-refractivity contribution in [3.05, 3.63) is 65.7 Å². The van der Waals surface area contributed by atoms with Gasteiger partial charge >= 0.3 is 0 Å². The van der Waals surface area contributed by atoms with Gasteiger partial charge in [-0.2, -0.15) is 0 Å². The second-order valence-corrected chi connectivity index (χ2v) is 4.96.